The number of phenols is 1. The number of aromatic nitrogens is 2. The summed E-state index contributed by atoms with van der Waals surface area (Å²) in [5.74, 6) is -7.25. The van der Waals surface area contributed by atoms with Gasteiger partial charge in [0.05, 0.1) is 43.6 Å². The molecule has 16 nitrogen and oxygen atoms in total. The highest BCUT2D eigenvalue weighted by Crippen LogP contribution is 2.65. The van der Waals surface area contributed by atoms with E-state index in [2.05, 4.69) is 0 Å². The summed E-state index contributed by atoms with van der Waals surface area (Å²) in [6.45, 7) is 3.68. The van der Waals surface area contributed by atoms with Gasteiger partial charge in [-0.2, -0.15) is 5.10 Å². The van der Waals surface area contributed by atoms with Crippen LogP contribution in [-0.4, -0.2) is 62.5 Å². The Balaban J connectivity index is 1.10. The number of aryl methyl sites for hydroxylation is 2. The summed E-state index contributed by atoms with van der Waals surface area (Å²) in [7, 11) is 4.48. The minimum atomic E-state index is -1.50. The van der Waals surface area contributed by atoms with Crippen LogP contribution < -0.4 is 14.7 Å². The van der Waals surface area contributed by atoms with Crippen LogP contribution in [0.5, 0.6) is 5.75 Å². The molecule has 4 aromatic carbocycles. The normalized spacial score (nSPS) is 24.0. The van der Waals surface area contributed by atoms with Crippen molar-refractivity contribution in [2.24, 2.45) is 36.1 Å². The van der Waals surface area contributed by atoms with Gasteiger partial charge in [-0.05, 0) is 67.1 Å². The number of amides is 4. The summed E-state index contributed by atoms with van der Waals surface area (Å²) in [5.41, 5.74) is -1.00. The van der Waals surface area contributed by atoms with Crippen molar-refractivity contribution in [3.63, 3.8) is 0 Å². The van der Waals surface area contributed by atoms with Gasteiger partial charge >= 0.3 is 11.4 Å². The number of rotatable bonds is 7. The zero-order valence-corrected chi connectivity index (χ0v) is 36.5. The largest absolute Gasteiger partial charge is 0.507 e. The molecule has 0 spiro atoms. The Morgan fingerprint density at radius 1 is 0.891 bits per heavy atom. The van der Waals surface area contributed by atoms with Gasteiger partial charge in [-0.1, -0.05) is 59.6 Å². The first-order valence-electron chi connectivity index (χ1n) is 20.5. The molecule has 2 aliphatic carbocycles. The molecule has 6 aromatic rings. The predicted octanol–water partition coefficient (Wildman–Crippen LogP) is 8.44. The monoisotopic (exact) mass is 899 g/mol. The van der Waals surface area contributed by atoms with Gasteiger partial charge in [-0.25, -0.2) is 9.80 Å². The van der Waals surface area contributed by atoms with E-state index < -0.39 is 79.9 Å². The third kappa shape index (κ3) is 5.62. The first kappa shape index (κ1) is 41.1. The first-order valence-corrected chi connectivity index (χ1v) is 21.7. The summed E-state index contributed by atoms with van der Waals surface area (Å²) < 4.78 is 2.48. The van der Waals surface area contributed by atoms with E-state index in [1.165, 1.54) is 35.0 Å². The predicted molar refractivity (Wildman–Crippen MR) is 241 cm³/mol. The van der Waals surface area contributed by atoms with Gasteiger partial charge in [0.1, 0.15) is 17.3 Å². The maximum absolute atomic E-state index is 15.4. The number of imide groups is 2. The zero-order valence-electron chi connectivity index (χ0n) is 34.9. The number of thiophene rings is 1. The molecule has 2 aromatic heterocycles. The first-order chi connectivity index (χ1) is 30.4. The lowest BCUT2D eigenvalue weighted by Crippen LogP contribution is -2.49. The van der Waals surface area contributed by atoms with E-state index in [1.54, 1.807) is 38.2 Å². The van der Waals surface area contributed by atoms with Gasteiger partial charge in [0.2, 0.25) is 23.6 Å². The Kier molecular flexibility index (Phi) is 9.15. The highest BCUT2D eigenvalue weighted by Gasteiger charge is 2.68. The van der Waals surface area contributed by atoms with Crippen LogP contribution in [0.1, 0.15) is 36.8 Å². The van der Waals surface area contributed by atoms with Crippen LogP contribution in [0.4, 0.5) is 28.6 Å². The molecule has 6 atom stereocenters. The molecule has 0 radical (unpaired) electrons. The van der Waals surface area contributed by atoms with Crippen molar-refractivity contribution in [1.82, 2.24) is 9.78 Å². The summed E-state index contributed by atoms with van der Waals surface area (Å²) in [4.78, 5) is 86.8. The number of benzene rings is 4. The topological polar surface area (TPSA) is 202 Å². The summed E-state index contributed by atoms with van der Waals surface area (Å²) in [6.07, 6.45) is 1.82. The number of anilines is 3. The van der Waals surface area contributed by atoms with Crippen molar-refractivity contribution < 1.29 is 34.1 Å². The molecule has 64 heavy (non-hydrogen) atoms. The standard InChI is InChI=1S/C46H38ClN7O9S/c1-21-29-16-23(47)11-15-35(29)64-41(21)32-20-36(50(5)48-32)52-43(57)31-19-30-26(38(46(31,2)45(52)59)28-12-10-22-8-6-7-9-25(22)40(28)55)13-14-27-37(30)44(58)51(42(27)56)24-17-33(53(60)61)39(49(3)4)34(18-24)54(62)63/h6-13,15-18,20,27,30-31,37-38,55H,14,19H2,1-5H3/t27-,30+,31-,37-,38+,46+/m0/s1. The summed E-state index contributed by atoms with van der Waals surface area (Å²) >= 11 is 7.84. The zero-order chi connectivity index (χ0) is 45.4. The van der Waals surface area contributed by atoms with Crippen LogP contribution in [-0.2, 0) is 26.2 Å². The minimum Gasteiger partial charge on any atom is -0.507 e. The van der Waals surface area contributed by atoms with Crippen LogP contribution in [0, 0.1) is 56.2 Å². The quantitative estimate of drug-likeness (QED) is 0.0697. The highest BCUT2D eigenvalue weighted by atomic mass is 35.5. The maximum atomic E-state index is 15.4. The fourth-order valence-corrected chi connectivity index (χ4v) is 12.3. The second-order valence-corrected chi connectivity index (χ2v) is 18.8. The molecular formula is C46H38ClN7O9S. The number of nitro benzene ring substituents is 2. The SMILES string of the molecule is Cc1c(-c2cc(N3C(=O)[C@@H]4C[C@@H]5C(=CC[C@@H]6C(=O)N(c7cc([N+](=O)[O-])c(N(C)C)c([N+](=O)[O-])c7)C(=O)[C@@H]65)[C@H](c5ccc6ccccc6c5O)[C@]4(C)C3=O)n(C)n2)sc2ccc(Cl)cc12. The lowest BCUT2D eigenvalue weighted by Gasteiger charge is -2.49. The maximum Gasteiger partial charge on any atom is 0.301 e. The van der Waals surface area contributed by atoms with Crippen molar-refractivity contribution in [3.8, 4) is 16.3 Å². The molecule has 2 saturated heterocycles. The number of nitro groups is 2. The van der Waals surface area contributed by atoms with E-state index in [4.69, 9.17) is 16.7 Å². The minimum absolute atomic E-state index is 0.0248. The Morgan fingerprint density at radius 3 is 2.28 bits per heavy atom. The molecule has 324 valence electrons. The van der Waals surface area contributed by atoms with Crippen LogP contribution in [0.2, 0.25) is 5.02 Å². The number of carbonyl (C=O) groups is 4. The summed E-state index contributed by atoms with van der Waals surface area (Å²) in [5, 5.41) is 44.3. The van der Waals surface area contributed by atoms with Crippen molar-refractivity contribution in [2.75, 3.05) is 28.8 Å². The van der Waals surface area contributed by atoms with Gasteiger partial charge in [-0.15, -0.1) is 11.3 Å². The Bertz CT molecular complexity index is 3140. The number of allylic oxidation sites excluding steroid dienone is 2. The fraction of sp³-hybridized carbons (Fsp3) is 0.283. The molecule has 0 bridgehead atoms. The van der Waals surface area contributed by atoms with Crippen LogP contribution in [0.15, 0.2) is 84.4 Å². The molecular weight excluding hydrogens is 862 g/mol. The molecule has 18 heteroatoms. The number of fused-ring (bicyclic) bond motifs is 6. The van der Waals surface area contributed by atoms with Gasteiger partial charge in [0, 0.05) is 65.9 Å². The molecule has 4 heterocycles. The van der Waals surface area contributed by atoms with Gasteiger partial charge < -0.3 is 10.0 Å². The number of hydrogen-bond donors (Lipinski definition) is 1. The van der Waals surface area contributed by atoms with Crippen molar-refractivity contribution >= 4 is 96.0 Å². The number of carbonyl (C=O) groups excluding carboxylic acids is 4. The second kappa shape index (κ2) is 14.3. The van der Waals surface area contributed by atoms with Crippen molar-refractivity contribution in [3.05, 3.63) is 121 Å². The van der Waals surface area contributed by atoms with E-state index in [1.807, 2.05) is 49.4 Å². The fourth-order valence-electron chi connectivity index (χ4n) is 11.0. The molecule has 4 aliphatic rings. The van der Waals surface area contributed by atoms with E-state index >= 15 is 9.59 Å². The Hall–Kier alpha value is -6.98. The summed E-state index contributed by atoms with van der Waals surface area (Å²) in [6, 6.07) is 20.1. The second-order valence-electron chi connectivity index (χ2n) is 17.3. The molecule has 1 N–H and O–H groups in total. The van der Waals surface area contributed by atoms with E-state index in [9.17, 15) is 34.9 Å². The Morgan fingerprint density at radius 2 is 1.59 bits per heavy atom. The average molecular weight is 900 g/mol. The third-order valence-electron chi connectivity index (χ3n) is 13.9. The molecule has 4 amide bonds. The van der Waals surface area contributed by atoms with Crippen LogP contribution in [0.25, 0.3) is 31.4 Å². The van der Waals surface area contributed by atoms with E-state index in [0.29, 0.717) is 27.2 Å². The molecule has 0 unspecified atom stereocenters. The van der Waals surface area contributed by atoms with Gasteiger partial charge in [0.25, 0.3) is 0 Å². The third-order valence-corrected chi connectivity index (χ3v) is 15.4. The van der Waals surface area contributed by atoms with Crippen molar-refractivity contribution in [1.29, 1.82) is 0 Å². The number of hydrogen-bond acceptors (Lipinski definition) is 12. The van der Waals surface area contributed by atoms with E-state index in [-0.39, 0.29) is 35.8 Å². The highest BCUT2D eigenvalue weighted by molar-refractivity contribution is 7.22. The number of nitrogens with zero attached hydrogens (tertiary/aromatic N) is 7. The number of halogens is 1. The van der Waals surface area contributed by atoms with Gasteiger partial charge in [-0.3, -0.25) is 44.1 Å². The molecule has 1 saturated carbocycles. The number of aromatic hydroxyl groups is 1. The molecule has 3 fully saturated rings. The lowest BCUT2D eigenvalue weighted by molar-refractivity contribution is -0.392. The molecule has 10 rings (SSSR count). The van der Waals surface area contributed by atoms with E-state index in [0.717, 1.165) is 47.8 Å². The smallest absolute Gasteiger partial charge is 0.301 e. The van der Waals surface area contributed by atoms with Crippen LogP contribution in [0.3, 0.4) is 0 Å². The van der Waals surface area contributed by atoms with Crippen molar-refractivity contribution in [2.45, 2.75) is 32.6 Å². The van der Waals surface area contributed by atoms with Crippen LogP contribution >= 0.6 is 22.9 Å². The number of phenolic OH excluding ortho intramolecular Hbond substituents is 1. The Labute approximate surface area is 373 Å². The lowest BCUT2D eigenvalue weighted by atomic mass is 9.51. The molecule has 2 aliphatic heterocycles. The average Bonchev–Trinajstić information content (AvgIpc) is 3.93. The van der Waals surface area contributed by atoms with Gasteiger partial charge in [0.15, 0.2) is 5.69 Å².